The molecule has 4 fully saturated rings. The third-order valence-electron chi connectivity index (χ3n) is 6.34. The summed E-state index contributed by atoms with van der Waals surface area (Å²) in [6, 6.07) is 5.36. The average Bonchev–Trinajstić information content (AvgIpc) is 2.61. The van der Waals surface area contributed by atoms with Crippen molar-refractivity contribution in [1.82, 2.24) is 15.0 Å². The highest BCUT2D eigenvalue weighted by molar-refractivity contribution is 5.73. The highest BCUT2D eigenvalue weighted by atomic mass is 16.6. The maximum Gasteiger partial charge on any atom is 0.353 e. The zero-order valence-electron chi connectivity index (χ0n) is 15.0. The quantitative estimate of drug-likeness (QED) is 0.610. The lowest BCUT2D eigenvalue weighted by atomic mass is 9.53. The van der Waals surface area contributed by atoms with E-state index in [-0.39, 0.29) is 17.0 Å². The monoisotopic (exact) mass is 366 g/mol. The van der Waals surface area contributed by atoms with Gasteiger partial charge >= 0.3 is 5.69 Å². The Balaban J connectivity index is 1.47. The summed E-state index contributed by atoms with van der Waals surface area (Å²) in [5.41, 5.74) is -0.172. The van der Waals surface area contributed by atoms with Crippen LogP contribution in [0.15, 0.2) is 30.7 Å². The molecule has 4 aliphatic carbocycles. The smallest absolute Gasteiger partial charge is 0.353 e. The van der Waals surface area contributed by atoms with E-state index in [1.165, 1.54) is 25.6 Å². The zero-order chi connectivity index (χ0) is 18.4. The molecule has 2 aromatic heterocycles. The van der Waals surface area contributed by atoms with Gasteiger partial charge in [0.15, 0.2) is 0 Å². The summed E-state index contributed by atoms with van der Waals surface area (Å²) in [6.45, 7) is 0. The predicted molar refractivity (Wildman–Crippen MR) is 101 cm³/mol. The molecule has 0 aromatic carbocycles. The van der Waals surface area contributed by atoms with Gasteiger partial charge in [0.05, 0.1) is 4.92 Å². The first-order chi connectivity index (χ1) is 13.1. The normalized spacial score (nSPS) is 30.9. The van der Waals surface area contributed by atoms with Gasteiger partial charge in [-0.2, -0.15) is 0 Å². The topological polar surface area (TPSA) is 106 Å². The fraction of sp³-hybridized carbons (Fsp3) is 0.526. The van der Waals surface area contributed by atoms with E-state index in [2.05, 4.69) is 25.6 Å². The van der Waals surface area contributed by atoms with Crippen molar-refractivity contribution >= 4 is 23.1 Å². The third kappa shape index (κ3) is 2.98. The first-order valence-electron chi connectivity index (χ1n) is 9.56. The maximum absolute atomic E-state index is 11.8. The lowest BCUT2D eigenvalue weighted by Gasteiger charge is -2.57. The number of nitrogens with zero attached hydrogens (tertiary/aromatic N) is 4. The number of pyridine rings is 1. The largest absolute Gasteiger partial charge is 0.359 e. The molecule has 0 atom stereocenters. The second kappa shape index (κ2) is 6.14. The molecule has 2 aromatic rings. The molecule has 0 saturated heterocycles. The summed E-state index contributed by atoms with van der Waals surface area (Å²) in [7, 11) is 0. The van der Waals surface area contributed by atoms with E-state index in [9.17, 15) is 10.1 Å². The number of hydrogen-bond donors (Lipinski definition) is 2. The van der Waals surface area contributed by atoms with Crippen LogP contribution in [0.2, 0.25) is 0 Å². The molecule has 140 valence electrons. The first-order valence-corrected chi connectivity index (χ1v) is 9.56. The second-order valence-corrected chi connectivity index (χ2v) is 8.34. The Labute approximate surface area is 157 Å². The van der Waals surface area contributed by atoms with Gasteiger partial charge in [0.25, 0.3) is 0 Å². The first kappa shape index (κ1) is 16.4. The maximum atomic E-state index is 11.8. The predicted octanol–water partition coefficient (Wildman–Crippen LogP) is 3.90. The number of aromatic nitrogens is 3. The average molecular weight is 366 g/mol. The van der Waals surface area contributed by atoms with E-state index in [4.69, 9.17) is 0 Å². The van der Waals surface area contributed by atoms with Crippen molar-refractivity contribution in [3.8, 4) is 0 Å². The molecule has 4 saturated carbocycles. The second-order valence-electron chi connectivity index (χ2n) is 8.34. The summed E-state index contributed by atoms with van der Waals surface area (Å²) in [6.07, 6.45) is 10.2. The van der Waals surface area contributed by atoms with E-state index in [1.807, 2.05) is 6.07 Å². The van der Waals surface area contributed by atoms with Crippen LogP contribution in [-0.4, -0.2) is 25.4 Å². The number of hydrogen-bond acceptors (Lipinski definition) is 7. The van der Waals surface area contributed by atoms with Crippen molar-refractivity contribution in [1.29, 1.82) is 0 Å². The van der Waals surface area contributed by atoms with Crippen LogP contribution in [0.1, 0.15) is 38.5 Å². The lowest BCUT2D eigenvalue weighted by Crippen LogP contribution is -2.55. The molecule has 0 radical (unpaired) electrons. The molecule has 2 N–H and O–H groups in total. The molecule has 0 amide bonds. The Hall–Kier alpha value is -2.77. The van der Waals surface area contributed by atoms with E-state index >= 15 is 0 Å². The SMILES string of the molecule is O=[N+]([O-])c1c(Nc2ccccn2)ncnc1NC12CC3CC(CC(C3)C1)C2. The van der Waals surface area contributed by atoms with Crippen LogP contribution < -0.4 is 10.6 Å². The van der Waals surface area contributed by atoms with E-state index in [0.29, 0.717) is 11.6 Å². The molecule has 4 bridgehead atoms. The van der Waals surface area contributed by atoms with Crippen molar-refractivity contribution in [3.63, 3.8) is 0 Å². The Morgan fingerprint density at radius 2 is 1.67 bits per heavy atom. The standard InChI is InChI=1S/C19H22N6O2/c26-25(27)16-17(23-15-3-1-2-4-20-15)21-11-22-18(16)24-19-8-12-5-13(9-19)7-14(6-12)10-19/h1-4,11-14H,5-10H2,(H2,20,21,22,23,24). The Morgan fingerprint density at radius 3 is 2.26 bits per heavy atom. The summed E-state index contributed by atoms with van der Waals surface area (Å²) < 4.78 is 0. The highest BCUT2D eigenvalue weighted by Crippen LogP contribution is 2.57. The van der Waals surface area contributed by atoms with Crippen LogP contribution in [0.3, 0.4) is 0 Å². The van der Waals surface area contributed by atoms with Crippen molar-refractivity contribution < 1.29 is 4.92 Å². The van der Waals surface area contributed by atoms with E-state index in [0.717, 1.165) is 37.0 Å². The van der Waals surface area contributed by atoms with Crippen LogP contribution >= 0.6 is 0 Å². The third-order valence-corrected chi connectivity index (χ3v) is 6.34. The summed E-state index contributed by atoms with van der Waals surface area (Å²) in [5, 5.41) is 18.3. The van der Waals surface area contributed by atoms with Crippen LogP contribution in [0.5, 0.6) is 0 Å². The van der Waals surface area contributed by atoms with Gasteiger partial charge in [-0.3, -0.25) is 10.1 Å². The Kier molecular flexibility index (Phi) is 3.73. The lowest BCUT2D eigenvalue weighted by molar-refractivity contribution is -0.383. The van der Waals surface area contributed by atoms with Gasteiger partial charge in [0, 0.05) is 11.7 Å². The summed E-state index contributed by atoms with van der Waals surface area (Å²) in [5.74, 6) is 3.23. The molecular weight excluding hydrogens is 344 g/mol. The van der Waals surface area contributed by atoms with E-state index in [1.54, 1.807) is 18.3 Å². The fourth-order valence-electron chi connectivity index (χ4n) is 5.81. The van der Waals surface area contributed by atoms with Gasteiger partial charge < -0.3 is 10.6 Å². The molecule has 8 heteroatoms. The number of anilines is 3. The van der Waals surface area contributed by atoms with Gasteiger partial charge in [0.1, 0.15) is 12.1 Å². The fourth-order valence-corrected chi connectivity index (χ4v) is 5.81. The molecule has 0 unspecified atom stereocenters. The molecule has 0 aliphatic heterocycles. The summed E-state index contributed by atoms with van der Waals surface area (Å²) in [4.78, 5) is 24.0. The Morgan fingerprint density at radius 1 is 1.00 bits per heavy atom. The van der Waals surface area contributed by atoms with Gasteiger partial charge in [0.2, 0.25) is 11.6 Å². The van der Waals surface area contributed by atoms with Gasteiger partial charge in [-0.15, -0.1) is 0 Å². The number of nitro groups is 1. The highest BCUT2D eigenvalue weighted by Gasteiger charge is 2.51. The van der Waals surface area contributed by atoms with E-state index < -0.39 is 4.92 Å². The Bertz CT molecular complexity index is 836. The van der Waals surface area contributed by atoms with Gasteiger partial charge in [-0.25, -0.2) is 15.0 Å². The zero-order valence-corrected chi connectivity index (χ0v) is 15.0. The summed E-state index contributed by atoms with van der Waals surface area (Å²) >= 11 is 0. The van der Waals surface area contributed by atoms with Crippen LogP contribution in [0.4, 0.5) is 23.1 Å². The van der Waals surface area contributed by atoms with Crippen molar-refractivity contribution in [2.75, 3.05) is 10.6 Å². The molecule has 27 heavy (non-hydrogen) atoms. The van der Waals surface area contributed by atoms with Crippen molar-refractivity contribution in [3.05, 3.63) is 40.8 Å². The van der Waals surface area contributed by atoms with Crippen LogP contribution in [0.25, 0.3) is 0 Å². The minimum absolute atomic E-state index is 0.0594. The molecule has 2 heterocycles. The van der Waals surface area contributed by atoms with Crippen molar-refractivity contribution in [2.45, 2.75) is 44.1 Å². The molecule has 8 nitrogen and oxygen atoms in total. The minimum atomic E-state index is -0.409. The molecule has 0 spiro atoms. The minimum Gasteiger partial charge on any atom is -0.359 e. The van der Waals surface area contributed by atoms with Crippen LogP contribution in [0, 0.1) is 27.9 Å². The van der Waals surface area contributed by atoms with Crippen molar-refractivity contribution in [2.24, 2.45) is 17.8 Å². The van der Waals surface area contributed by atoms with Crippen LogP contribution in [-0.2, 0) is 0 Å². The number of rotatable bonds is 5. The van der Waals surface area contributed by atoms with Gasteiger partial charge in [-0.1, -0.05) is 6.07 Å². The molecular formula is C19H22N6O2. The molecule has 6 rings (SSSR count). The number of nitrogens with one attached hydrogen (secondary N) is 2. The van der Waals surface area contributed by atoms with Gasteiger partial charge in [-0.05, 0) is 68.4 Å². The molecule has 4 aliphatic rings.